The van der Waals surface area contributed by atoms with Gasteiger partial charge in [0.1, 0.15) is 11.6 Å². The van der Waals surface area contributed by atoms with Gasteiger partial charge in [0, 0.05) is 12.3 Å². The Hall–Kier alpha value is -1.42. The Balaban J connectivity index is 4.36. The number of rotatable bonds is 6. The predicted molar refractivity (Wildman–Crippen MR) is 74.8 cm³/mol. The number of amides is 2. The number of nitrogens with zero attached hydrogens (tertiary/aromatic N) is 1. The van der Waals surface area contributed by atoms with Crippen LogP contribution in [0.1, 0.15) is 27.2 Å². The van der Waals surface area contributed by atoms with Crippen LogP contribution in [0.4, 0.5) is 4.79 Å². The molecule has 0 heterocycles. The standard InChI is InChI=1S/C12H21N3O3S/c1-12(2,3)18-11(17)15-9(8-19-4)10(16)14-7-5-6-13/h9H,5,7-8H2,1-4H3,(H,14,16)(H,15,17)/t9-/m0/s1. The number of nitrogens with one attached hydrogen (secondary N) is 2. The third-order valence-corrected chi connectivity index (χ3v) is 2.54. The molecule has 19 heavy (non-hydrogen) atoms. The second-order valence-electron chi connectivity index (χ2n) is 4.85. The van der Waals surface area contributed by atoms with Gasteiger partial charge in [0.25, 0.3) is 0 Å². The quantitative estimate of drug-likeness (QED) is 0.718. The molecule has 0 saturated heterocycles. The minimum Gasteiger partial charge on any atom is -0.444 e. The fourth-order valence-corrected chi connectivity index (χ4v) is 1.73. The fourth-order valence-electron chi connectivity index (χ4n) is 1.16. The van der Waals surface area contributed by atoms with Crippen LogP contribution in [0.3, 0.4) is 0 Å². The van der Waals surface area contributed by atoms with Crippen LogP contribution < -0.4 is 10.6 Å². The minimum atomic E-state index is -0.663. The fraction of sp³-hybridized carbons (Fsp3) is 0.750. The van der Waals surface area contributed by atoms with Gasteiger partial charge in [0.2, 0.25) is 5.91 Å². The van der Waals surface area contributed by atoms with Crippen LogP contribution >= 0.6 is 11.8 Å². The average molecular weight is 287 g/mol. The van der Waals surface area contributed by atoms with Crippen molar-refractivity contribution in [2.75, 3.05) is 18.6 Å². The maximum Gasteiger partial charge on any atom is 0.408 e. The summed E-state index contributed by atoms with van der Waals surface area (Å²) in [5, 5.41) is 13.5. The van der Waals surface area contributed by atoms with Crippen molar-refractivity contribution in [3.63, 3.8) is 0 Å². The highest BCUT2D eigenvalue weighted by Crippen LogP contribution is 2.07. The van der Waals surface area contributed by atoms with E-state index in [2.05, 4.69) is 10.6 Å². The molecule has 0 spiro atoms. The summed E-state index contributed by atoms with van der Waals surface area (Å²) in [6, 6.07) is 1.27. The molecule has 0 rings (SSSR count). The van der Waals surface area contributed by atoms with E-state index in [0.717, 1.165) is 0 Å². The molecule has 0 aliphatic heterocycles. The second-order valence-corrected chi connectivity index (χ2v) is 5.76. The molecule has 7 heteroatoms. The van der Waals surface area contributed by atoms with E-state index in [1.54, 1.807) is 20.8 Å². The molecule has 2 amide bonds. The summed E-state index contributed by atoms with van der Waals surface area (Å²) in [6.45, 7) is 5.53. The van der Waals surface area contributed by atoms with E-state index in [4.69, 9.17) is 10.00 Å². The maximum absolute atomic E-state index is 11.8. The molecule has 2 N–H and O–H groups in total. The van der Waals surface area contributed by atoms with Gasteiger partial charge < -0.3 is 15.4 Å². The van der Waals surface area contributed by atoms with Gasteiger partial charge in [-0.1, -0.05) is 0 Å². The monoisotopic (exact) mass is 287 g/mol. The largest absolute Gasteiger partial charge is 0.444 e. The first kappa shape index (κ1) is 17.6. The summed E-state index contributed by atoms with van der Waals surface area (Å²) in [7, 11) is 0. The van der Waals surface area contributed by atoms with Gasteiger partial charge in [-0.25, -0.2) is 4.79 Å². The molecule has 0 aliphatic rings. The Morgan fingerprint density at radius 1 is 1.42 bits per heavy atom. The van der Waals surface area contributed by atoms with Gasteiger partial charge in [-0.15, -0.1) is 0 Å². The smallest absolute Gasteiger partial charge is 0.408 e. The van der Waals surface area contributed by atoms with E-state index in [9.17, 15) is 9.59 Å². The molecule has 0 radical (unpaired) electrons. The molecule has 0 fully saturated rings. The summed E-state index contributed by atoms with van der Waals surface area (Å²) in [4.78, 5) is 23.4. The van der Waals surface area contributed by atoms with E-state index in [1.165, 1.54) is 11.8 Å². The van der Waals surface area contributed by atoms with Crippen LogP contribution in [-0.2, 0) is 9.53 Å². The highest BCUT2D eigenvalue weighted by molar-refractivity contribution is 7.98. The SMILES string of the molecule is CSC[C@H](NC(=O)OC(C)(C)C)C(=O)NCCC#N. The number of hydrogen-bond donors (Lipinski definition) is 2. The van der Waals surface area contributed by atoms with Crippen LogP contribution in [-0.4, -0.2) is 42.2 Å². The second kappa shape index (κ2) is 8.64. The van der Waals surface area contributed by atoms with Crippen molar-refractivity contribution in [2.45, 2.75) is 38.8 Å². The Kier molecular flexibility index (Phi) is 8.00. The van der Waals surface area contributed by atoms with Gasteiger partial charge >= 0.3 is 6.09 Å². The van der Waals surface area contributed by atoms with Gasteiger partial charge in [-0.05, 0) is 27.0 Å². The number of ether oxygens (including phenoxy) is 1. The van der Waals surface area contributed by atoms with Crippen LogP contribution in [0, 0.1) is 11.3 Å². The molecule has 0 aromatic carbocycles. The zero-order valence-corrected chi connectivity index (χ0v) is 12.6. The molecule has 0 bridgehead atoms. The lowest BCUT2D eigenvalue weighted by molar-refractivity contribution is -0.122. The van der Waals surface area contributed by atoms with Crippen LogP contribution in [0.5, 0.6) is 0 Å². The van der Waals surface area contributed by atoms with Crippen molar-refractivity contribution >= 4 is 23.8 Å². The molecular formula is C12H21N3O3S. The van der Waals surface area contributed by atoms with Crippen molar-refractivity contribution in [1.82, 2.24) is 10.6 Å². The summed E-state index contributed by atoms with van der Waals surface area (Å²) in [5.41, 5.74) is -0.606. The summed E-state index contributed by atoms with van der Waals surface area (Å²) in [5.74, 6) is 0.132. The summed E-state index contributed by atoms with van der Waals surface area (Å²) in [6.07, 6.45) is 1.46. The predicted octanol–water partition coefficient (Wildman–Crippen LogP) is 1.27. The molecule has 6 nitrogen and oxygen atoms in total. The van der Waals surface area contributed by atoms with E-state index < -0.39 is 17.7 Å². The third-order valence-electron chi connectivity index (χ3n) is 1.88. The van der Waals surface area contributed by atoms with Gasteiger partial charge in [0.15, 0.2) is 0 Å². The Morgan fingerprint density at radius 2 is 2.05 bits per heavy atom. The van der Waals surface area contributed by atoms with Crippen molar-refractivity contribution in [3.05, 3.63) is 0 Å². The Morgan fingerprint density at radius 3 is 2.53 bits per heavy atom. The molecule has 0 saturated carbocycles. The minimum absolute atomic E-state index is 0.240. The molecule has 1 atom stereocenters. The van der Waals surface area contributed by atoms with Crippen molar-refractivity contribution in [1.29, 1.82) is 5.26 Å². The molecule has 0 aromatic heterocycles. The van der Waals surface area contributed by atoms with Gasteiger partial charge in [0.05, 0.1) is 12.5 Å². The lowest BCUT2D eigenvalue weighted by Crippen LogP contribution is -2.49. The number of thioether (sulfide) groups is 1. The average Bonchev–Trinajstić information content (AvgIpc) is 2.26. The first-order valence-corrected chi connectivity index (χ1v) is 7.32. The first-order chi connectivity index (χ1) is 8.80. The van der Waals surface area contributed by atoms with Crippen molar-refractivity contribution < 1.29 is 14.3 Å². The van der Waals surface area contributed by atoms with E-state index in [0.29, 0.717) is 5.75 Å². The number of carbonyl (C=O) groups is 2. The first-order valence-electron chi connectivity index (χ1n) is 5.93. The van der Waals surface area contributed by atoms with E-state index in [-0.39, 0.29) is 18.9 Å². The maximum atomic E-state index is 11.8. The van der Waals surface area contributed by atoms with Gasteiger partial charge in [-0.2, -0.15) is 17.0 Å². The highest BCUT2D eigenvalue weighted by Gasteiger charge is 2.23. The van der Waals surface area contributed by atoms with E-state index in [1.807, 2.05) is 12.3 Å². The zero-order valence-electron chi connectivity index (χ0n) is 11.8. The molecule has 0 aromatic rings. The number of alkyl carbamates (subject to hydrolysis) is 1. The lowest BCUT2D eigenvalue weighted by atomic mass is 10.2. The molecule has 0 unspecified atom stereocenters. The van der Waals surface area contributed by atoms with Crippen molar-refractivity contribution in [2.24, 2.45) is 0 Å². The van der Waals surface area contributed by atoms with Crippen LogP contribution in [0.15, 0.2) is 0 Å². The molecular weight excluding hydrogens is 266 g/mol. The van der Waals surface area contributed by atoms with Crippen LogP contribution in [0.2, 0.25) is 0 Å². The molecule has 0 aliphatic carbocycles. The molecule has 108 valence electrons. The Labute approximate surface area is 118 Å². The zero-order chi connectivity index (χ0) is 14.9. The van der Waals surface area contributed by atoms with E-state index >= 15 is 0 Å². The normalized spacial score (nSPS) is 12.2. The highest BCUT2D eigenvalue weighted by atomic mass is 32.2. The summed E-state index contributed by atoms with van der Waals surface area (Å²) < 4.78 is 5.10. The number of hydrogen-bond acceptors (Lipinski definition) is 5. The Bertz CT molecular complexity index is 347. The van der Waals surface area contributed by atoms with Gasteiger partial charge in [-0.3, -0.25) is 4.79 Å². The lowest BCUT2D eigenvalue weighted by Gasteiger charge is -2.22. The third kappa shape index (κ3) is 9.19. The van der Waals surface area contributed by atoms with Crippen LogP contribution in [0.25, 0.3) is 0 Å². The number of carbonyl (C=O) groups excluding carboxylic acids is 2. The number of nitriles is 1. The topological polar surface area (TPSA) is 91.2 Å². The summed E-state index contributed by atoms with van der Waals surface area (Å²) >= 11 is 1.44. The van der Waals surface area contributed by atoms with Crippen molar-refractivity contribution in [3.8, 4) is 6.07 Å².